The van der Waals surface area contributed by atoms with Gasteiger partial charge >= 0.3 is 5.97 Å². The number of para-hydroxylation sites is 1. The zero-order valence-electron chi connectivity index (χ0n) is 25.1. The van der Waals surface area contributed by atoms with E-state index in [4.69, 9.17) is 9.94 Å². The number of aromatic nitrogens is 1. The smallest absolute Gasteiger partial charge is 0.329 e. The minimum absolute atomic E-state index is 0.0401. The van der Waals surface area contributed by atoms with Crippen LogP contribution in [-0.4, -0.2) is 57.5 Å². The third kappa shape index (κ3) is 7.85. The van der Waals surface area contributed by atoms with Crippen LogP contribution in [0.15, 0.2) is 54.6 Å². The number of carbonyl (C=O) groups is 4. The molecule has 0 radical (unpaired) electrons. The molecule has 2 aromatic carbocycles. The summed E-state index contributed by atoms with van der Waals surface area (Å²) in [4.78, 5) is 57.2. The molecule has 2 aliphatic rings. The highest BCUT2D eigenvalue weighted by molar-refractivity contribution is 5.96. The molecule has 1 fully saturated rings. The molecule has 2 unspecified atom stereocenters. The second-order valence-corrected chi connectivity index (χ2v) is 11.9. The molecule has 5 rings (SSSR count). The molecule has 3 amide bonds. The maximum absolute atomic E-state index is 14.1. The van der Waals surface area contributed by atoms with Crippen molar-refractivity contribution in [1.82, 2.24) is 20.7 Å². The van der Waals surface area contributed by atoms with Crippen molar-refractivity contribution in [3.63, 3.8) is 0 Å². The van der Waals surface area contributed by atoms with Gasteiger partial charge in [-0.25, -0.2) is 10.3 Å². The first kappa shape index (κ1) is 31.3. The third-order valence-corrected chi connectivity index (χ3v) is 8.74. The average molecular weight is 603 g/mol. The number of nitrogens with zero attached hydrogens (tertiary/aromatic N) is 1. The molecule has 0 bridgehead atoms. The fourth-order valence-corrected chi connectivity index (χ4v) is 6.41. The number of nitrogens with one attached hydrogen (secondary N) is 3. The molecule has 2 heterocycles. The van der Waals surface area contributed by atoms with Crippen LogP contribution in [0.2, 0.25) is 0 Å². The van der Waals surface area contributed by atoms with Crippen molar-refractivity contribution < 1.29 is 29.1 Å². The molecule has 1 aliphatic carbocycles. The number of benzene rings is 2. The van der Waals surface area contributed by atoms with Gasteiger partial charge in [0.1, 0.15) is 12.1 Å². The van der Waals surface area contributed by atoms with Crippen LogP contribution in [0.3, 0.4) is 0 Å². The second-order valence-electron chi connectivity index (χ2n) is 11.9. The van der Waals surface area contributed by atoms with Gasteiger partial charge in [0.05, 0.1) is 12.5 Å². The van der Waals surface area contributed by atoms with Crippen LogP contribution in [0, 0.1) is 0 Å². The van der Waals surface area contributed by atoms with Crippen molar-refractivity contribution in [3.8, 4) is 0 Å². The molecular weight excluding hydrogens is 560 g/mol. The molecule has 3 aromatic rings. The fourth-order valence-electron chi connectivity index (χ4n) is 6.41. The highest BCUT2D eigenvalue weighted by Crippen LogP contribution is 2.35. The van der Waals surface area contributed by atoms with Gasteiger partial charge in [-0.1, -0.05) is 61.4 Å². The average Bonchev–Trinajstić information content (AvgIpc) is 3.69. The van der Waals surface area contributed by atoms with E-state index in [-0.39, 0.29) is 30.9 Å². The lowest BCUT2D eigenvalue weighted by Crippen LogP contribution is -2.49. The van der Waals surface area contributed by atoms with Gasteiger partial charge < -0.3 is 19.9 Å². The van der Waals surface area contributed by atoms with Crippen LogP contribution in [0.4, 0.5) is 0 Å². The standard InChI is InChI=1S/C34H42N4O6/c39-30(37-43)18-6-1-2-7-19-31(40)38-21-26(32-25-16-10-11-17-27(25)35-29(32)22-38)33(41)36-28(20-23-12-4-3-5-13-23)34(42)44-24-14-8-9-15-24/h3-5,10-13,16-17,24,26,28,35,43H,1-2,6-9,14-15,18-22H2,(H,36,41)(H,37,39). The molecule has 10 nitrogen and oxygen atoms in total. The van der Waals surface area contributed by atoms with Crippen molar-refractivity contribution >= 4 is 34.6 Å². The summed E-state index contributed by atoms with van der Waals surface area (Å²) in [6.45, 7) is 0.590. The second kappa shape index (κ2) is 15.0. The fraction of sp³-hybridized carbons (Fsp3) is 0.471. The summed E-state index contributed by atoms with van der Waals surface area (Å²) >= 11 is 0. The topological polar surface area (TPSA) is 141 Å². The van der Waals surface area contributed by atoms with Crippen LogP contribution in [0.5, 0.6) is 0 Å². The molecular formula is C34H42N4O6. The summed E-state index contributed by atoms with van der Waals surface area (Å²) in [5.41, 5.74) is 5.15. The van der Waals surface area contributed by atoms with Crippen LogP contribution < -0.4 is 10.8 Å². The van der Waals surface area contributed by atoms with Crippen LogP contribution in [0.1, 0.15) is 86.9 Å². The van der Waals surface area contributed by atoms with E-state index in [0.29, 0.717) is 32.2 Å². The van der Waals surface area contributed by atoms with E-state index in [0.717, 1.165) is 66.2 Å². The summed E-state index contributed by atoms with van der Waals surface area (Å²) < 4.78 is 5.85. The van der Waals surface area contributed by atoms with E-state index in [1.165, 1.54) is 0 Å². The van der Waals surface area contributed by atoms with E-state index in [1.807, 2.05) is 54.6 Å². The molecule has 2 atom stereocenters. The number of hydroxylamine groups is 1. The van der Waals surface area contributed by atoms with Gasteiger partial charge in [0.2, 0.25) is 17.7 Å². The number of aromatic amines is 1. The highest BCUT2D eigenvalue weighted by atomic mass is 16.5. The number of hydrogen-bond acceptors (Lipinski definition) is 6. The number of hydrogen-bond donors (Lipinski definition) is 4. The molecule has 10 heteroatoms. The van der Waals surface area contributed by atoms with E-state index >= 15 is 0 Å². The zero-order chi connectivity index (χ0) is 30.9. The Bertz CT molecular complexity index is 1450. The minimum atomic E-state index is -0.849. The Hall–Kier alpha value is -4.18. The number of esters is 1. The van der Waals surface area contributed by atoms with Crippen LogP contribution in [0.25, 0.3) is 10.9 Å². The SMILES string of the molecule is O=C(CCCCCCC(=O)N1Cc2[nH]c3ccccc3c2C(C(=O)NC(Cc2ccccc2)C(=O)OC2CCCC2)C1)NO. The number of amides is 3. The predicted octanol–water partition coefficient (Wildman–Crippen LogP) is 4.65. The van der Waals surface area contributed by atoms with Gasteiger partial charge in [-0.3, -0.25) is 19.6 Å². The molecule has 1 saturated carbocycles. The predicted molar refractivity (Wildman–Crippen MR) is 165 cm³/mol. The number of rotatable bonds is 13. The molecule has 4 N–H and O–H groups in total. The Balaban J connectivity index is 1.31. The van der Waals surface area contributed by atoms with Crippen molar-refractivity contribution in [3.05, 3.63) is 71.4 Å². The van der Waals surface area contributed by atoms with Gasteiger partial charge in [-0.2, -0.15) is 0 Å². The lowest BCUT2D eigenvalue weighted by molar-refractivity contribution is -0.153. The summed E-state index contributed by atoms with van der Waals surface area (Å²) in [6, 6.07) is 16.6. The monoisotopic (exact) mass is 602 g/mol. The number of fused-ring (bicyclic) bond motifs is 3. The zero-order valence-corrected chi connectivity index (χ0v) is 25.1. The van der Waals surface area contributed by atoms with E-state index in [2.05, 4.69) is 10.3 Å². The number of carbonyl (C=O) groups excluding carboxylic acids is 4. The Kier molecular flexibility index (Phi) is 10.7. The van der Waals surface area contributed by atoms with E-state index in [1.54, 1.807) is 10.4 Å². The minimum Gasteiger partial charge on any atom is -0.461 e. The largest absolute Gasteiger partial charge is 0.461 e. The molecule has 234 valence electrons. The normalized spacial score (nSPS) is 17.2. The van der Waals surface area contributed by atoms with Crippen molar-refractivity contribution in [1.29, 1.82) is 0 Å². The Labute approximate surface area is 257 Å². The van der Waals surface area contributed by atoms with Crippen molar-refractivity contribution in [2.75, 3.05) is 6.54 Å². The highest BCUT2D eigenvalue weighted by Gasteiger charge is 2.37. The molecule has 44 heavy (non-hydrogen) atoms. The quantitative estimate of drug-likeness (QED) is 0.0972. The Morgan fingerprint density at radius 3 is 2.39 bits per heavy atom. The molecule has 1 aliphatic heterocycles. The summed E-state index contributed by atoms with van der Waals surface area (Å²) in [6.07, 6.45) is 7.38. The molecule has 0 spiro atoms. The lowest BCUT2D eigenvalue weighted by atomic mass is 9.90. The summed E-state index contributed by atoms with van der Waals surface area (Å²) in [5.74, 6) is -1.84. The first-order valence-corrected chi connectivity index (χ1v) is 15.8. The van der Waals surface area contributed by atoms with Crippen LogP contribution >= 0.6 is 0 Å². The maximum atomic E-state index is 14.1. The Morgan fingerprint density at radius 2 is 1.64 bits per heavy atom. The molecule has 0 saturated heterocycles. The third-order valence-electron chi connectivity index (χ3n) is 8.74. The van der Waals surface area contributed by atoms with Gasteiger partial charge in [-0.15, -0.1) is 0 Å². The number of ether oxygens (including phenoxy) is 1. The first-order chi connectivity index (χ1) is 21.4. The van der Waals surface area contributed by atoms with Crippen LogP contribution in [-0.2, 0) is 36.9 Å². The van der Waals surface area contributed by atoms with E-state index < -0.39 is 23.8 Å². The Morgan fingerprint density at radius 1 is 0.932 bits per heavy atom. The van der Waals surface area contributed by atoms with Gasteiger partial charge in [0.25, 0.3) is 0 Å². The summed E-state index contributed by atoms with van der Waals surface area (Å²) in [5, 5.41) is 12.6. The summed E-state index contributed by atoms with van der Waals surface area (Å²) in [7, 11) is 0. The van der Waals surface area contributed by atoms with Gasteiger partial charge in [0, 0.05) is 42.4 Å². The first-order valence-electron chi connectivity index (χ1n) is 15.8. The number of H-pyrrole nitrogens is 1. The maximum Gasteiger partial charge on any atom is 0.329 e. The van der Waals surface area contributed by atoms with Gasteiger partial charge in [0.15, 0.2) is 0 Å². The van der Waals surface area contributed by atoms with E-state index in [9.17, 15) is 19.2 Å². The lowest BCUT2D eigenvalue weighted by Gasteiger charge is -2.33. The van der Waals surface area contributed by atoms with Crippen molar-refractivity contribution in [2.45, 2.75) is 95.2 Å². The van der Waals surface area contributed by atoms with Crippen molar-refractivity contribution in [2.24, 2.45) is 0 Å². The molecule has 1 aromatic heterocycles. The number of unbranched alkanes of at least 4 members (excludes halogenated alkanes) is 3. The van der Waals surface area contributed by atoms with Gasteiger partial charge in [-0.05, 0) is 55.7 Å².